The van der Waals surface area contributed by atoms with Crippen LogP contribution in [0, 0.1) is 5.82 Å². The number of sulfone groups is 1. The predicted molar refractivity (Wildman–Crippen MR) is 90.7 cm³/mol. The first kappa shape index (κ1) is 18.1. The molecule has 0 saturated carbocycles. The Hall–Kier alpha value is -2.21. The highest BCUT2D eigenvalue weighted by Gasteiger charge is 2.18. The lowest BCUT2D eigenvalue weighted by molar-refractivity contribution is -0.120. The minimum atomic E-state index is -3.29. The van der Waals surface area contributed by atoms with Gasteiger partial charge in [-0.1, -0.05) is 24.3 Å². The molecule has 128 valence electrons. The maximum atomic E-state index is 12.8. The van der Waals surface area contributed by atoms with Gasteiger partial charge in [0.15, 0.2) is 9.84 Å². The molecule has 2 aromatic rings. The predicted octanol–water partition coefficient (Wildman–Crippen LogP) is 2.87. The van der Waals surface area contributed by atoms with Crippen LogP contribution in [0.15, 0.2) is 53.4 Å². The Morgan fingerprint density at radius 1 is 1.00 bits per heavy atom. The normalized spacial score (nSPS) is 11.5. The quantitative estimate of drug-likeness (QED) is 0.872. The van der Waals surface area contributed by atoms with Crippen LogP contribution in [0.4, 0.5) is 4.39 Å². The molecule has 0 unspecified atom stereocenters. The number of nitrogens with one attached hydrogen (secondary N) is 1. The van der Waals surface area contributed by atoms with Gasteiger partial charge in [-0.25, -0.2) is 12.8 Å². The zero-order valence-corrected chi connectivity index (χ0v) is 14.4. The zero-order valence-electron chi connectivity index (χ0n) is 13.6. The summed E-state index contributed by atoms with van der Waals surface area (Å²) in [5.41, 5.74) is 1.54. The number of halogens is 1. The molecule has 1 N–H and O–H groups in total. The summed E-state index contributed by atoms with van der Waals surface area (Å²) in [6.07, 6.45) is 0.167. The molecule has 0 fully saturated rings. The molecule has 0 radical (unpaired) electrons. The van der Waals surface area contributed by atoms with Gasteiger partial charge in [-0.3, -0.25) is 4.79 Å². The van der Waals surface area contributed by atoms with Gasteiger partial charge >= 0.3 is 0 Å². The van der Waals surface area contributed by atoms with Crippen molar-refractivity contribution >= 4 is 15.7 Å². The molecule has 0 spiro atoms. The monoisotopic (exact) mass is 349 g/mol. The summed E-state index contributed by atoms with van der Waals surface area (Å²) >= 11 is 0. The Balaban J connectivity index is 1.92. The fourth-order valence-corrected chi connectivity index (χ4v) is 3.18. The highest BCUT2D eigenvalue weighted by atomic mass is 32.2. The van der Waals surface area contributed by atoms with E-state index in [0.717, 1.165) is 11.1 Å². The number of amides is 1. The van der Waals surface area contributed by atoms with E-state index in [0.29, 0.717) is 6.54 Å². The van der Waals surface area contributed by atoms with E-state index in [9.17, 15) is 17.6 Å². The van der Waals surface area contributed by atoms with E-state index >= 15 is 0 Å². The van der Waals surface area contributed by atoms with E-state index in [2.05, 4.69) is 5.32 Å². The third-order valence-electron chi connectivity index (χ3n) is 3.64. The molecule has 0 bridgehead atoms. The van der Waals surface area contributed by atoms with Crippen LogP contribution >= 0.6 is 0 Å². The average Bonchev–Trinajstić information content (AvgIpc) is 2.55. The lowest BCUT2D eigenvalue weighted by atomic mass is 10.1. The lowest BCUT2D eigenvalue weighted by Crippen LogP contribution is -2.24. The van der Waals surface area contributed by atoms with Crippen LogP contribution in [-0.2, 0) is 27.6 Å². The summed E-state index contributed by atoms with van der Waals surface area (Å²) in [5.74, 6) is -0.518. The van der Waals surface area contributed by atoms with Crippen molar-refractivity contribution in [1.29, 1.82) is 0 Å². The fourth-order valence-electron chi connectivity index (χ4n) is 2.12. The molecule has 0 heterocycles. The minimum Gasteiger partial charge on any atom is -0.352 e. The van der Waals surface area contributed by atoms with E-state index in [4.69, 9.17) is 0 Å². The summed E-state index contributed by atoms with van der Waals surface area (Å²) < 4.78 is 36.9. The first-order valence-corrected chi connectivity index (χ1v) is 9.17. The molecule has 1 amide bonds. The van der Waals surface area contributed by atoms with Gasteiger partial charge in [-0.2, -0.15) is 0 Å². The molecular formula is C18H20FNO3S. The molecule has 24 heavy (non-hydrogen) atoms. The van der Waals surface area contributed by atoms with Crippen LogP contribution < -0.4 is 5.32 Å². The van der Waals surface area contributed by atoms with Gasteiger partial charge in [0.05, 0.1) is 16.6 Å². The summed E-state index contributed by atoms with van der Waals surface area (Å²) in [6, 6.07) is 12.3. The highest BCUT2D eigenvalue weighted by Crippen LogP contribution is 2.16. The molecule has 0 aliphatic carbocycles. The van der Waals surface area contributed by atoms with Crippen molar-refractivity contribution in [3.05, 3.63) is 65.5 Å². The van der Waals surface area contributed by atoms with Gasteiger partial charge in [-0.05, 0) is 49.2 Å². The van der Waals surface area contributed by atoms with Crippen molar-refractivity contribution in [3.8, 4) is 0 Å². The Morgan fingerprint density at radius 2 is 1.54 bits per heavy atom. The Bertz CT molecular complexity index is 797. The van der Waals surface area contributed by atoms with Crippen LogP contribution in [0.1, 0.15) is 25.0 Å². The van der Waals surface area contributed by atoms with Crippen molar-refractivity contribution in [2.45, 2.75) is 37.0 Å². The van der Waals surface area contributed by atoms with Gasteiger partial charge < -0.3 is 5.32 Å². The molecular weight excluding hydrogens is 329 g/mol. The standard InChI is InChI=1S/C18H20FNO3S/c1-13(2)24(22,23)17-9-5-15(6-10-17)12-20-18(21)11-14-3-7-16(19)8-4-14/h3-10,13H,11-12H2,1-2H3,(H,20,21). The van der Waals surface area contributed by atoms with E-state index in [-0.39, 0.29) is 23.0 Å². The number of rotatable bonds is 6. The number of carbonyl (C=O) groups excluding carboxylic acids is 1. The highest BCUT2D eigenvalue weighted by molar-refractivity contribution is 7.92. The van der Waals surface area contributed by atoms with Crippen LogP contribution in [0.2, 0.25) is 0 Å². The van der Waals surface area contributed by atoms with E-state index in [1.165, 1.54) is 12.1 Å². The second-order valence-corrected chi connectivity index (χ2v) is 8.32. The summed E-state index contributed by atoms with van der Waals surface area (Å²) in [5, 5.41) is 2.29. The van der Waals surface area contributed by atoms with Gasteiger partial charge in [0.2, 0.25) is 5.91 Å². The maximum absolute atomic E-state index is 12.8. The van der Waals surface area contributed by atoms with E-state index < -0.39 is 15.1 Å². The van der Waals surface area contributed by atoms with Crippen molar-refractivity contribution in [2.75, 3.05) is 0 Å². The Kier molecular flexibility index (Phi) is 5.72. The third-order valence-corrected chi connectivity index (χ3v) is 5.81. The van der Waals surface area contributed by atoms with Crippen molar-refractivity contribution < 1.29 is 17.6 Å². The van der Waals surface area contributed by atoms with Crippen molar-refractivity contribution in [2.24, 2.45) is 0 Å². The van der Waals surface area contributed by atoms with Gasteiger partial charge in [0.25, 0.3) is 0 Å². The maximum Gasteiger partial charge on any atom is 0.224 e. The van der Waals surface area contributed by atoms with Crippen molar-refractivity contribution in [1.82, 2.24) is 5.32 Å². The van der Waals surface area contributed by atoms with Gasteiger partial charge in [0, 0.05) is 6.54 Å². The summed E-state index contributed by atoms with van der Waals surface area (Å²) in [7, 11) is -3.29. The van der Waals surface area contributed by atoms with Crippen molar-refractivity contribution in [3.63, 3.8) is 0 Å². The minimum absolute atomic E-state index is 0.167. The van der Waals surface area contributed by atoms with Crippen LogP contribution in [0.25, 0.3) is 0 Å². The molecule has 0 aliphatic heterocycles. The molecule has 0 aromatic heterocycles. The zero-order chi connectivity index (χ0) is 17.7. The molecule has 0 aliphatic rings. The first-order valence-electron chi connectivity index (χ1n) is 7.63. The van der Waals surface area contributed by atoms with Crippen LogP contribution in [0.3, 0.4) is 0 Å². The summed E-state index contributed by atoms with van der Waals surface area (Å²) in [4.78, 5) is 12.2. The fraction of sp³-hybridized carbons (Fsp3) is 0.278. The summed E-state index contributed by atoms with van der Waals surface area (Å²) in [6.45, 7) is 3.58. The average molecular weight is 349 g/mol. The molecule has 2 aromatic carbocycles. The number of carbonyl (C=O) groups is 1. The van der Waals surface area contributed by atoms with E-state index in [1.807, 2.05) is 0 Å². The molecule has 0 saturated heterocycles. The largest absolute Gasteiger partial charge is 0.352 e. The SMILES string of the molecule is CC(C)S(=O)(=O)c1ccc(CNC(=O)Cc2ccc(F)cc2)cc1. The second kappa shape index (κ2) is 7.57. The second-order valence-electron chi connectivity index (χ2n) is 5.82. The Labute approximate surface area is 141 Å². The van der Waals surface area contributed by atoms with Crippen LogP contribution in [0.5, 0.6) is 0 Å². The lowest BCUT2D eigenvalue weighted by Gasteiger charge is -2.09. The molecule has 0 atom stereocenters. The molecule has 4 nitrogen and oxygen atoms in total. The first-order chi connectivity index (χ1) is 11.3. The van der Waals surface area contributed by atoms with Gasteiger partial charge in [0.1, 0.15) is 5.82 Å². The molecule has 2 rings (SSSR count). The number of benzene rings is 2. The Morgan fingerprint density at radius 3 is 2.08 bits per heavy atom. The van der Waals surface area contributed by atoms with E-state index in [1.54, 1.807) is 50.2 Å². The number of hydrogen-bond donors (Lipinski definition) is 1. The number of hydrogen-bond acceptors (Lipinski definition) is 3. The third kappa shape index (κ3) is 4.64. The van der Waals surface area contributed by atoms with Crippen LogP contribution in [-0.4, -0.2) is 19.6 Å². The topological polar surface area (TPSA) is 63.2 Å². The molecule has 6 heteroatoms. The van der Waals surface area contributed by atoms with Gasteiger partial charge in [-0.15, -0.1) is 0 Å². The smallest absolute Gasteiger partial charge is 0.224 e.